The minimum Gasteiger partial charge on any atom is -0.392 e. The van der Waals surface area contributed by atoms with Crippen molar-refractivity contribution >= 4 is 0 Å². The molecule has 0 aromatic heterocycles. The van der Waals surface area contributed by atoms with E-state index in [0.29, 0.717) is 6.42 Å². The summed E-state index contributed by atoms with van der Waals surface area (Å²) in [5, 5.41) is 19.0. The standard InChI is InChI=1S/C8H16O2/c1-4-8(10)5-6(9)7(8,2)3/h6,9-10H,4-5H2,1-3H3. The van der Waals surface area contributed by atoms with Crippen molar-refractivity contribution in [1.29, 1.82) is 0 Å². The SMILES string of the molecule is CCC1(O)CC(O)C1(C)C. The zero-order valence-corrected chi connectivity index (χ0v) is 6.89. The van der Waals surface area contributed by atoms with Crippen LogP contribution in [0.25, 0.3) is 0 Å². The predicted molar refractivity (Wildman–Crippen MR) is 39.6 cm³/mol. The Morgan fingerprint density at radius 2 is 2.00 bits per heavy atom. The number of hydrogen-bond acceptors (Lipinski definition) is 2. The van der Waals surface area contributed by atoms with Gasteiger partial charge in [0.15, 0.2) is 0 Å². The van der Waals surface area contributed by atoms with E-state index in [1.54, 1.807) is 0 Å². The maximum Gasteiger partial charge on any atom is 0.0745 e. The molecule has 1 aliphatic rings. The van der Waals surface area contributed by atoms with E-state index in [1.165, 1.54) is 0 Å². The van der Waals surface area contributed by atoms with E-state index in [2.05, 4.69) is 0 Å². The third-order valence-corrected chi connectivity index (χ3v) is 3.15. The molecule has 2 unspecified atom stereocenters. The molecule has 0 saturated heterocycles. The topological polar surface area (TPSA) is 40.5 Å². The molecule has 1 saturated carbocycles. The molecule has 10 heavy (non-hydrogen) atoms. The van der Waals surface area contributed by atoms with Crippen LogP contribution in [-0.4, -0.2) is 21.9 Å². The van der Waals surface area contributed by atoms with Gasteiger partial charge < -0.3 is 10.2 Å². The molecule has 1 fully saturated rings. The molecule has 2 N–H and O–H groups in total. The summed E-state index contributed by atoms with van der Waals surface area (Å²) in [6, 6.07) is 0. The van der Waals surface area contributed by atoms with Crippen LogP contribution in [0.15, 0.2) is 0 Å². The minimum absolute atomic E-state index is 0.304. The maximum atomic E-state index is 9.76. The summed E-state index contributed by atoms with van der Waals surface area (Å²) in [6.45, 7) is 5.77. The summed E-state index contributed by atoms with van der Waals surface area (Å²) < 4.78 is 0. The van der Waals surface area contributed by atoms with E-state index in [4.69, 9.17) is 0 Å². The summed E-state index contributed by atoms with van der Waals surface area (Å²) >= 11 is 0. The van der Waals surface area contributed by atoms with Crippen LogP contribution in [0.4, 0.5) is 0 Å². The second kappa shape index (κ2) is 1.95. The molecular formula is C8H16O2. The summed E-state index contributed by atoms with van der Waals surface area (Å²) in [5.74, 6) is 0. The van der Waals surface area contributed by atoms with E-state index < -0.39 is 5.60 Å². The Morgan fingerprint density at radius 3 is 2.10 bits per heavy atom. The molecule has 2 heteroatoms. The van der Waals surface area contributed by atoms with Crippen LogP contribution in [0.2, 0.25) is 0 Å². The summed E-state index contributed by atoms with van der Waals surface area (Å²) in [5.41, 5.74) is -0.922. The lowest BCUT2D eigenvalue weighted by molar-refractivity contribution is -0.226. The largest absolute Gasteiger partial charge is 0.392 e. The van der Waals surface area contributed by atoms with Crippen molar-refractivity contribution in [3.63, 3.8) is 0 Å². The first-order valence-corrected chi connectivity index (χ1v) is 3.84. The Morgan fingerprint density at radius 1 is 1.50 bits per heavy atom. The molecule has 0 spiro atoms. The molecule has 0 aromatic carbocycles. The number of aliphatic hydroxyl groups is 2. The van der Waals surface area contributed by atoms with Crippen LogP contribution in [0.5, 0.6) is 0 Å². The minimum atomic E-state index is -0.619. The van der Waals surface area contributed by atoms with Gasteiger partial charge in [0, 0.05) is 11.8 Å². The number of hydrogen-bond donors (Lipinski definition) is 2. The Hall–Kier alpha value is -0.0800. The van der Waals surface area contributed by atoms with Crippen LogP contribution in [0.3, 0.4) is 0 Å². The van der Waals surface area contributed by atoms with Crippen LogP contribution < -0.4 is 0 Å². The lowest BCUT2D eigenvalue weighted by Crippen LogP contribution is -2.63. The van der Waals surface area contributed by atoms with Gasteiger partial charge in [0.25, 0.3) is 0 Å². The zero-order chi connectivity index (χ0) is 7.99. The van der Waals surface area contributed by atoms with Gasteiger partial charge in [0.1, 0.15) is 0 Å². The Kier molecular flexibility index (Phi) is 1.57. The fraction of sp³-hybridized carbons (Fsp3) is 1.00. The van der Waals surface area contributed by atoms with Gasteiger partial charge in [0.2, 0.25) is 0 Å². The van der Waals surface area contributed by atoms with Crippen molar-refractivity contribution in [2.24, 2.45) is 5.41 Å². The van der Waals surface area contributed by atoms with Crippen molar-refractivity contribution in [3.05, 3.63) is 0 Å². The van der Waals surface area contributed by atoms with Crippen LogP contribution in [0, 0.1) is 5.41 Å². The van der Waals surface area contributed by atoms with Gasteiger partial charge >= 0.3 is 0 Å². The van der Waals surface area contributed by atoms with Gasteiger partial charge in [0.05, 0.1) is 11.7 Å². The molecular weight excluding hydrogens is 128 g/mol. The average Bonchev–Trinajstić information content (AvgIpc) is 1.88. The van der Waals surface area contributed by atoms with Crippen molar-refractivity contribution < 1.29 is 10.2 Å². The van der Waals surface area contributed by atoms with E-state index in [-0.39, 0.29) is 11.5 Å². The van der Waals surface area contributed by atoms with Crippen molar-refractivity contribution in [2.75, 3.05) is 0 Å². The van der Waals surface area contributed by atoms with Gasteiger partial charge in [-0.2, -0.15) is 0 Å². The van der Waals surface area contributed by atoms with Crippen LogP contribution in [-0.2, 0) is 0 Å². The van der Waals surface area contributed by atoms with E-state index >= 15 is 0 Å². The molecule has 0 amide bonds. The fourth-order valence-corrected chi connectivity index (χ4v) is 1.62. The van der Waals surface area contributed by atoms with Crippen LogP contribution >= 0.6 is 0 Å². The predicted octanol–water partition coefficient (Wildman–Crippen LogP) is 0.918. The fourth-order valence-electron chi connectivity index (χ4n) is 1.62. The number of aliphatic hydroxyl groups excluding tert-OH is 1. The second-order valence-electron chi connectivity index (χ2n) is 3.83. The highest BCUT2D eigenvalue weighted by molar-refractivity contribution is 5.08. The molecule has 0 heterocycles. The molecule has 0 aromatic rings. The third kappa shape index (κ3) is 0.722. The summed E-state index contributed by atoms with van der Waals surface area (Å²) in [7, 11) is 0. The lowest BCUT2D eigenvalue weighted by atomic mass is 9.55. The molecule has 1 rings (SSSR count). The van der Waals surface area contributed by atoms with Crippen LogP contribution in [0.1, 0.15) is 33.6 Å². The van der Waals surface area contributed by atoms with E-state index in [1.807, 2.05) is 20.8 Å². The summed E-state index contributed by atoms with van der Waals surface area (Å²) in [6.07, 6.45) is 0.950. The van der Waals surface area contributed by atoms with Crippen molar-refractivity contribution in [3.8, 4) is 0 Å². The average molecular weight is 144 g/mol. The van der Waals surface area contributed by atoms with Crippen molar-refractivity contribution in [1.82, 2.24) is 0 Å². The van der Waals surface area contributed by atoms with Gasteiger partial charge in [-0.15, -0.1) is 0 Å². The molecule has 1 aliphatic carbocycles. The van der Waals surface area contributed by atoms with Gasteiger partial charge in [-0.3, -0.25) is 0 Å². The van der Waals surface area contributed by atoms with Gasteiger partial charge in [-0.05, 0) is 6.42 Å². The monoisotopic (exact) mass is 144 g/mol. The van der Waals surface area contributed by atoms with E-state index in [0.717, 1.165) is 6.42 Å². The van der Waals surface area contributed by atoms with Crippen molar-refractivity contribution in [2.45, 2.75) is 45.3 Å². The van der Waals surface area contributed by atoms with Gasteiger partial charge in [-0.25, -0.2) is 0 Å². The first-order valence-electron chi connectivity index (χ1n) is 3.84. The Labute approximate surface area is 61.9 Å². The molecule has 0 aliphatic heterocycles. The third-order valence-electron chi connectivity index (χ3n) is 3.15. The Bertz CT molecular complexity index is 139. The smallest absolute Gasteiger partial charge is 0.0745 e. The van der Waals surface area contributed by atoms with Gasteiger partial charge in [-0.1, -0.05) is 20.8 Å². The normalized spacial score (nSPS) is 44.7. The molecule has 60 valence electrons. The highest BCUT2D eigenvalue weighted by atomic mass is 16.3. The second-order valence-corrected chi connectivity index (χ2v) is 3.83. The number of rotatable bonds is 1. The molecule has 2 nitrogen and oxygen atoms in total. The molecule has 0 bridgehead atoms. The summed E-state index contributed by atoms with van der Waals surface area (Å²) in [4.78, 5) is 0. The quantitative estimate of drug-likeness (QED) is 0.574. The van der Waals surface area contributed by atoms with E-state index in [9.17, 15) is 10.2 Å². The Balaban J connectivity index is 2.70. The maximum absolute atomic E-state index is 9.76. The highest BCUT2D eigenvalue weighted by Crippen LogP contribution is 2.51. The molecule has 2 atom stereocenters. The first-order chi connectivity index (χ1) is 4.44. The lowest BCUT2D eigenvalue weighted by Gasteiger charge is -2.56. The molecule has 0 radical (unpaired) electrons. The first kappa shape index (κ1) is 8.02. The highest BCUT2D eigenvalue weighted by Gasteiger charge is 2.57. The zero-order valence-electron chi connectivity index (χ0n) is 6.89.